The molecule has 1 fully saturated rings. The van der Waals surface area contributed by atoms with E-state index < -0.39 is 0 Å². The van der Waals surface area contributed by atoms with Crippen LogP contribution in [0.2, 0.25) is 0 Å². The van der Waals surface area contributed by atoms with Crippen LogP contribution in [0.5, 0.6) is 0 Å². The number of hydrogen-bond donors (Lipinski definition) is 0. The van der Waals surface area contributed by atoms with Gasteiger partial charge in [-0.2, -0.15) is 0 Å². The molecule has 0 aromatic rings. The molecule has 1 aliphatic heterocycles. The minimum atomic E-state index is -0.124. The van der Waals surface area contributed by atoms with E-state index in [1.54, 1.807) is 0 Å². The zero-order chi connectivity index (χ0) is 8.72. The number of hydrogen-bond acceptors (Lipinski definition) is 2. The fraction of sp³-hybridized carbons (Fsp3) is 0.500. The molecule has 0 aromatic carbocycles. The van der Waals surface area contributed by atoms with Gasteiger partial charge >= 0.3 is 5.97 Å². The van der Waals surface area contributed by atoms with Crippen molar-refractivity contribution in [3.8, 4) is 0 Å². The molecular weight excluding hydrogens is 152 g/mol. The third kappa shape index (κ3) is 0.909. The van der Waals surface area contributed by atoms with Crippen LogP contribution in [0.1, 0.15) is 13.8 Å². The van der Waals surface area contributed by atoms with Crippen molar-refractivity contribution in [2.75, 3.05) is 6.61 Å². The van der Waals surface area contributed by atoms with Crippen molar-refractivity contribution in [3.63, 3.8) is 0 Å². The Balaban J connectivity index is 2.38. The molecule has 1 heterocycles. The Morgan fingerprint density at radius 1 is 1.58 bits per heavy atom. The van der Waals surface area contributed by atoms with Gasteiger partial charge in [-0.1, -0.05) is 19.1 Å². The first-order valence-electron chi connectivity index (χ1n) is 4.26. The minimum absolute atomic E-state index is 0.124. The number of cyclic esters (lactones) is 1. The standard InChI is InChI=1S/C10H12O2/c1-6-3-4-8-7(2)5-12-10(11)9(6)8/h3-4,7-8H,5H2,1-2H3. The van der Waals surface area contributed by atoms with Crippen LogP contribution in [0.4, 0.5) is 0 Å². The van der Waals surface area contributed by atoms with Gasteiger partial charge in [0.25, 0.3) is 0 Å². The molecule has 1 aliphatic carbocycles. The average Bonchev–Trinajstić information content (AvgIpc) is 2.42. The van der Waals surface area contributed by atoms with E-state index in [0.717, 1.165) is 11.1 Å². The predicted octanol–water partition coefficient (Wildman–Crippen LogP) is 1.68. The Morgan fingerprint density at radius 3 is 3.00 bits per heavy atom. The minimum Gasteiger partial charge on any atom is -0.462 e. The molecule has 0 spiro atoms. The first-order chi connectivity index (χ1) is 5.70. The van der Waals surface area contributed by atoms with Crippen molar-refractivity contribution in [2.24, 2.45) is 11.8 Å². The van der Waals surface area contributed by atoms with Gasteiger partial charge in [0.15, 0.2) is 0 Å². The molecule has 0 N–H and O–H groups in total. The topological polar surface area (TPSA) is 26.3 Å². The molecule has 2 aliphatic rings. The number of esters is 1. The van der Waals surface area contributed by atoms with E-state index in [4.69, 9.17) is 4.74 Å². The Labute approximate surface area is 71.9 Å². The van der Waals surface area contributed by atoms with Crippen LogP contribution in [-0.4, -0.2) is 12.6 Å². The fourth-order valence-electron chi connectivity index (χ4n) is 1.86. The Bertz CT molecular complexity index is 286. The van der Waals surface area contributed by atoms with E-state index in [9.17, 15) is 4.79 Å². The number of rotatable bonds is 0. The van der Waals surface area contributed by atoms with Crippen LogP contribution in [0.15, 0.2) is 23.3 Å². The Morgan fingerprint density at radius 2 is 2.33 bits per heavy atom. The number of allylic oxidation sites excluding steroid dienone is 3. The van der Waals surface area contributed by atoms with E-state index in [0.29, 0.717) is 18.4 Å². The van der Waals surface area contributed by atoms with E-state index in [1.165, 1.54) is 0 Å². The predicted molar refractivity (Wildman–Crippen MR) is 45.5 cm³/mol. The summed E-state index contributed by atoms with van der Waals surface area (Å²) in [6, 6.07) is 0. The molecule has 2 unspecified atom stereocenters. The maximum absolute atomic E-state index is 11.3. The third-order valence-electron chi connectivity index (χ3n) is 2.62. The lowest BCUT2D eigenvalue weighted by Gasteiger charge is -2.26. The van der Waals surface area contributed by atoms with Crippen LogP contribution >= 0.6 is 0 Å². The van der Waals surface area contributed by atoms with Gasteiger partial charge in [0.1, 0.15) is 0 Å². The summed E-state index contributed by atoms with van der Waals surface area (Å²) in [5.41, 5.74) is 1.94. The van der Waals surface area contributed by atoms with Gasteiger partial charge in [-0.25, -0.2) is 4.79 Å². The molecule has 1 saturated heterocycles. The summed E-state index contributed by atoms with van der Waals surface area (Å²) >= 11 is 0. The van der Waals surface area contributed by atoms with Crippen LogP contribution in [0, 0.1) is 11.8 Å². The first kappa shape index (κ1) is 7.59. The van der Waals surface area contributed by atoms with Crippen LogP contribution in [0.25, 0.3) is 0 Å². The smallest absolute Gasteiger partial charge is 0.334 e. The SMILES string of the molecule is CC1=C2C(=O)OCC(C)C2C=C1. The summed E-state index contributed by atoms with van der Waals surface area (Å²) in [7, 11) is 0. The number of carbonyl (C=O) groups excluding carboxylic acids is 1. The summed E-state index contributed by atoms with van der Waals surface area (Å²) in [5.74, 6) is 0.623. The molecule has 0 aromatic heterocycles. The van der Waals surface area contributed by atoms with E-state index in [1.807, 2.05) is 13.0 Å². The van der Waals surface area contributed by atoms with Crippen molar-refractivity contribution in [2.45, 2.75) is 13.8 Å². The zero-order valence-electron chi connectivity index (χ0n) is 7.33. The maximum atomic E-state index is 11.3. The van der Waals surface area contributed by atoms with Gasteiger partial charge in [0.05, 0.1) is 6.61 Å². The largest absolute Gasteiger partial charge is 0.462 e. The Hall–Kier alpha value is -1.05. The second-order valence-corrected chi connectivity index (χ2v) is 3.56. The van der Waals surface area contributed by atoms with Gasteiger partial charge in [0, 0.05) is 17.4 Å². The molecule has 0 radical (unpaired) electrons. The van der Waals surface area contributed by atoms with Crippen LogP contribution in [0.3, 0.4) is 0 Å². The van der Waals surface area contributed by atoms with Crippen LogP contribution in [-0.2, 0) is 9.53 Å². The highest BCUT2D eigenvalue weighted by Gasteiger charge is 2.34. The molecule has 0 bridgehead atoms. The fourth-order valence-corrected chi connectivity index (χ4v) is 1.86. The number of fused-ring (bicyclic) bond motifs is 1. The summed E-state index contributed by atoms with van der Waals surface area (Å²) in [6.45, 7) is 4.63. The average molecular weight is 164 g/mol. The number of carbonyl (C=O) groups is 1. The second kappa shape index (κ2) is 2.47. The molecule has 0 amide bonds. The Kier molecular flexibility index (Phi) is 1.56. The molecule has 0 saturated carbocycles. The highest BCUT2D eigenvalue weighted by atomic mass is 16.5. The summed E-state index contributed by atoms with van der Waals surface area (Å²) in [5, 5.41) is 0. The highest BCUT2D eigenvalue weighted by Crippen LogP contribution is 2.35. The highest BCUT2D eigenvalue weighted by molar-refractivity contribution is 5.92. The third-order valence-corrected chi connectivity index (χ3v) is 2.62. The molecule has 64 valence electrons. The maximum Gasteiger partial charge on any atom is 0.334 e. The molecule has 12 heavy (non-hydrogen) atoms. The first-order valence-corrected chi connectivity index (χ1v) is 4.26. The van der Waals surface area contributed by atoms with Gasteiger partial charge in [-0.3, -0.25) is 0 Å². The van der Waals surface area contributed by atoms with E-state index in [2.05, 4.69) is 13.0 Å². The molecule has 2 rings (SSSR count). The van der Waals surface area contributed by atoms with Crippen molar-refractivity contribution in [1.82, 2.24) is 0 Å². The van der Waals surface area contributed by atoms with Crippen molar-refractivity contribution in [3.05, 3.63) is 23.3 Å². The molecule has 2 nitrogen and oxygen atoms in total. The second-order valence-electron chi connectivity index (χ2n) is 3.56. The number of ether oxygens (including phenoxy) is 1. The van der Waals surface area contributed by atoms with Crippen molar-refractivity contribution in [1.29, 1.82) is 0 Å². The monoisotopic (exact) mass is 164 g/mol. The summed E-state index contributed by atoms with van der Waals surface area (Å²) in [6.07, 6.45) is 4.12. The normalized spacial score (nSPS) is 33.7. The quantitative estimate of drug-likeness (QED) is 0.509. The van der Waals surface area contributed by atoms with Gasteiger partial charge in [-0.05, 0) is 12.5 Å². The van der Waals surface area contributed by atoms with Crippen molar-refractivity contribution >= 4 is 5.97 Å². The summed E-state index contributed by atoms with van der Waals surface area (Å²) in [4.78, 5) is 11.3. The van der Waals surface area contributed by atoms with Crippen molar-refractivity contribution < 1.29 is 9.53 Å². The van der Waals surface area contributed by atoms with Gasteiger partial charge in [-0.15, -0.1) is 0 Å². The molecule has 2 atom stereocenters. The lowest BCUT2D eigenvalue weighted by molar-refractivity contribution is -0.144. The lowest BCUT2D eigenvalue weighted by atomic mass is 9.87. The molecular formula is C10H12O2. The molecule has 2 heteroatoms. The zero-order valence-corrected chi connectivity index (χ0v) is 7.33. The summed E-state index contributed by atoms with van der Waals surface area (Å²) < 4.78 is 5.04. The van der Waals surface area contributed by atoms with E-state index >= 15 is 0 Å². The van der Waals surface area contributed by atoms with E-state index in [-0.39, 0.29) is 5.97 Å². The lowest BCUT2D eigenvalue weighted by Crippen LogP contribution is -2.29. The van der Waals surface area contributed by atoms with Gasteiger partial charge in [0.2, 0.25) is 0 Å². The van der Waals surface area contributed by atoms with Crippen LogP contribution < -0.4 is 0 Å². The van der Waals surface area contributed by atoms with Gasteiger partial charge < -0.3 is 4.74 Å².